The molecule has 0 radical (unpaired) electrons. The Labute approximate surface area is 104 Å². The van der Waals surface area contributed by atoms with Crippen LogP contribution >= 0.6 is 11.8 Å². The van der Waals surface area contributed by atoms with Crippen LogP contribution < -0.4 is 5.32 Å². The van der Waals surface area contributed by atoms with Crippen LogP contribution in [0, 0.1) is 11.3 Å². The third kappa shape index (κ3) is 2.74. The number of nitrogens with one attached hydrogen (secondary N) is 1. The number of thioether (sulfide) groups is 1. The quantitative estimate of drug-likeness (QED) is 0.797. The van der Waals surface area contributed by atoms with Gasteiger partial charge in [0.1, 0.15) is 0 Å². The fraction of sp³-hybridized carbons (Fsp3) is 1.00. The number of aliphatic hydroxyl groups is 1. The van der Waals surface area contributed by atoms with Crippen molar-refractivity contribution >= 4 is 11.8 Å². The van der Waals surface area contributed by atoms with Crippen LogP contribution in [0.5, 0.6) is 0 Å². The second kappa shape index (κ2) is 5.28. The lowest BCUT2D eigenvalue weighted by Crippen LogP contribution is -2.51. The minimum absolute atomic E-state index is 0.359. The van der Waals surface area contributed by atoms with Crippen molar-refractivity contribution in [2.75, 3.05) is 18.1 Å². The predicted octanol–water partition coefficient (Wildman–Crippen LogP) is 2.27. The number of hydrogen-bond donors (Lipinski definition) is 2. The van der Waals surface area contributed by atoms with Crippen LogP contribution in [0.2, 0.25) is 0 Å². The molecule has 0 spiro atoms. The van der Waals surface area contributed by atoms with E-state index in [-0.39, 0.29) is 0 Å². The largest absolute Gasteiger partial charge is 0.396 e. The summed E-state index contributed by atoms with van der Waals surface area (Å²) >= 11 is 2.07. The van der Waals surface area contributed by atoms with Crippen molar-refractivity contribution in [3.8, 4) is 0 Å². The highest BCUT2D eigenvalue weighted by atomic mass is 32.2. The van der Waals surface area contributed by atoms with Crippen molar-refractivity contribution in [1.29, 1.82) is 0 Å². The standard InChI is InChI=1S/C13H25NOS/c1-13(2)6-7-16-9-12(13)14-11-5-3-4-10(11)8-15/h10-12,14-15H,3-9H2,1-2H3. The van der Waals surface area contributed by atoms with Crippen LogP contribution in [0.25, 0.3) is 0 Å². The molecule has 0 aromatic carbocycles. The molecule has 1 aliphatic heterocycles. The van der Waals surface area contributed by atoms with Gasteiger partial charge in [-0.25, -0.2) is 0 Å². The molecule has 1 heterocycles. The summed E-state index contributed by atoms with van der Waals surface area (Å²) in [6.45, 7) is 5.12. The van der Waals surface area contributed by atoms with Gasteiger partial charge in [-0.2, -0.15) is 11.8 Å². The molecule has 2 rings (SSSR count). The van der Waals surface area contributed by atoms with E-state index in [9.17, 15) is 5.11 Å². The van der Waals surface area contributed by atoms with E-state index in [1.165, 1.54) is 37.2 Å². The van der Waals surface area contributed by atoms with Crippen LogP contribution in [-0.4, -0.2) is 35.3 Å². The molecule has 0 bridgehead atoms. The van der Waals surface area contributed by atoms with E-state index in [2.05, 4.69) is 30.9 Å². The molecule has 2 N–H and O–H groups in total. The third-order valence-electron chi connectivity index (χ3n) is 4.43. The van der Waals surface area contributed by atoms with Crippen molar-refractivity contribution < 1.29 is 5.11 Å². The molecule has 16 heavy (non-hydrogen) atoms. The van der Waals surface area contributed by atoms with Gasteiger partial charge in [0.25, 0.3) is 0 Å². The zero-order valence-corrected chi connectivity index (χ0v) is 11.4. The minimum Gasteiger partial charge on any atom is -0.396 e. The SMILES string of the molecule is CC1(C)CCSCC1NC1CCCC1CO. The highest BCUT2D eigenvalue weighted by molar-refractivity contribution is 7.99. The number of aliphatic hydroxyl groups excluding tert-OH is 1. The molecular formula is C13H25NOS. The van der Waals surface area contributed by atoms with Gasteiger partial charge in [-0.05, 0) is 36.3 Å². The van der Waals surface area contributed by atoms with Gasteiger partial charge in [0.05, 0.1) is 0 Å². The lowest BCUT2D eigenvalue weighted by atomic mass is 9.81. The van der Waals surface area contributed by atoms with Gasteiger partial charge in [0.15, 0.2) is 0 Å². The van der Waals surface area contributed by atoms with Crippen molar-refractivity contribution in [2.45, 2.75) is 51.6 Å². The highest BCUT2D eigenvalue weighted by Crippen LogP contribution is 2.36. The molecule has 3 unspecified atom stereocenters. The Balaban J connectivity index is 1.92. The zero-order chi connectivity index (χ0) is 11.6. The molecule has 2 fully saturated rings. The maximum atomic E-state index is 9.35. The van der Waals surface area contributed by atoms with Crippen molar-refractivity contribution in [3.63, 3.8) is 0 Å². The monoisotopic (exact) mass is 243 g/mol. The fourth-order valence-electron chi connectivity index (χ4n) is 2.94. The average Bonchev–Trinajstić information content (AvgIpc) is 2.68. The first-order valence-electron chi connectivity index (χ1n) is 6.58. The number of hydrogen-bond acceptors (Lipinski definition) is 3. The van der Waals surface area contributed by atoms with E-state index in [1.807, 2.05) is 0 Å². The van der Waals surface area contributed by atoms with Crippen LogP contribution in [0.4, 0.5) is 0 Å². The van der Waals surface area contributed by atoms with Crippen molar-refractivity contribution in [2.24, 2.45) is 11.3 Å². The summed E-state index contributed by atoms with van der Waals surface area (Å²) in [6.07, 6.45) is 5.05. The summed E-state index contributed by atoms with van der Waals surface area (Å²) in [5.41, 5.74) is 0.424. The van der Waals surface area contributed by atoms with Gasteiger partial charge >= 0.3 is 0 Å². The molecule has 94 valence electrons. The van der Waals surface area contributed by atoms with Gasteiger partial charge < -0.3 is 10.4 Å². The second-order valence-electron chi connectivity index (χ2n) is 6.01. The summed E-state index contributed by atoms with van der Waals surface area (Å²) in [5, 5.41) is 13.2. The smallest absolute Gasteiger partial charge is 0.0474 e. The molecule has 2 aliphatic rings. The van der Waals surface area contributed by atoms with E-state index < -0.39 is 0 Å². The zero-order valence-electron chi connectivity index (χ0n) is 10.5. The van der Waals surface area contributed by atoms with Gasteiger partial charge in [-0.15, -0.1) is 0 Å². The molecule has 1 saturated carbocycles. The Morgan fingerprint density at radius 3 is 2.88 bits per heavy atom. The first kappa shape index (κ1) is 12.7. The van der Waals surface area contributed by atoms with Gasteiger partial charge in [-0.1, -0.05) is 20.3 Å². The Morgan fingerprint density at radius 1 is 1.38 bits per heavy atom. The van der Waals surface area contributed by atoms with Crippen LogP contribution in [0.1, 0.15) is 39.5 Å². The molecule has 0 amide bonds. The van der Waals surface area contributed by atoms with Crippen LogP contribution in [0.3, 0.4) is 0 Å². The molecule has 0 aromatic heterocycles. The summed E-state index contributed by atoms with van der Waals surface area (Å²) < 4.78 is 0. The topological polar surface area (TPSA) is 32.3 Å². The predicted molar refractivity (Wildman–Crippen MR) is 70.9 cm³/mol. The van der Waals surface area contributed by atoms with E-state index >= 15 is 0 Å². The van der Waals surface area contributed by atoms with Crippen LogP contribution in [-0.2, 0) is 0 Å². The first-order valence-corrected chi connectivity index (χ1v) is 7.73. The molecular weight excluding hydrogens is 218 g/mol. The third-order valence-corrected chi connectivity index (χ3v) is 5.49. The molecule has 3 atom stereocenters. The Hall–Kier alpha value is 0.270. The number of rotatable bonds is 3. The summed E-state index contributed by atoms with van der Waals surface area (Å²) in [5.74, 6) is 3.05. The molecule has 1 saturated heterocycles. The Morgan fingerprint density at radius 2 is 2.19 bits per heavy atom. The molecule has 2 nitrogen and oxygen atoms in total. The lowest BCUT2D eigenvalue weighted by molar-refractivity contribution is 0.171. The summed E-state index contributed by atoms with van der Waals surface area (Å²) in [7, 11) is 0. The van der Waals surface area contributed by atoms with Crippen LogP contribution in [0.15, 0.2) is 0 Å². The van der Waals surface area contributed by atoms with E-state index in [0.717, 1.165) is 0 Å². The van der Waals surface area contributed by atoms with Crippen molar-refractivity contribution in [3.05, 3.63) is 0 Å². The molecule has 0 aromatic rings. The lowest BCUT2D eigenvalue weighted by Gasteiger charge is -2.41. The fourth-order valence-corrected chi connectivity index (χ4v) is 4.56. The Bertz CT molecular complexity index is 232. The van der Waals surface area contributed by atoms with Crippen molar-refractivity contribution in [1.82, 2.24) is 5.32 Å². The van der Waals surface area contributed by atoms with Gasteiger partial charge in [-0.3, -0.25) is 0 Å². The summed E-state index contributed by atoms with van der Waals surface area (Å²) in [4.78, 5) is 0. The minimum atomic E-state index is 0.359. The molecule has 3 heteroatoms. The Kier molecular flexibility index (Phi) is 4.20. The second-order valence-corrected chi connectivity index (χ2v) is 7.16. The van der Waals surface area contributed by atoms with E-state index in [1.54, 1.807) is 0 Å². The molecule has 1 aliphatic carbocycles. The van der Waals surface area contributed by atoms with Gasteiger partial charge in [0, 0.05) is 24.4 Å². The average molecular weight is 243 g/mol. The van der Waals surface area contributed by atoms with E-state index in [4.69, 9.17) is 0 Å². The summed E-state index contributed by atoms with van der Waals surface area (Å²) in [6, 6.07) is 1.19. The first-order chi connectivity index (χ1) is 7.63. The van der Waals surface area contributed by atoms with E-state index in [0.29, 0.717) is 30.0 Å². The maximum absolute atomic E-state index is 9.35. The maximum Gasteiger partial charge on any atom is 0.0474 e. The highest BCUT2D eigenvalue weighted by Gasteiger charge is 2.36. The normalized spacial score (nSPS) is 38.8. The van der Waals surface area contributed by atoms with Gasteiger partial charge in [0.2, 0.25) is 0 Å².